The van der Waals surface area contributed by atoms with Gasteiger partial charge in [-0.3, -0.25) is 4.79 Å². The second-order valence-corrected chi connectivity index (χ2v) is 5.38. The number of rotatable bonds is 3. The first-order valence-corrected chi connectivity index (χ1v) is 6.39. The highest BCUT2D eigenvalue weighted by atomic mass is 35.5. The van der Waals surface area contributed by atoms with Crippen molar-refractivity contribution in [3.8, 4) is 0 Å². The van der Waals surface area contributed by atoms with Gasteiger partial charge in [-0.15, -0.1) is 0 Å². The molecule has 0 aliphatic rings. The van der Waals surface area contributed by atoms with Crippen molar-refractivity contribution in [2.24, 2.45) is 0 Å². The predicted octanol–water partition coefficient (Wildman–Crippen LogP) is 3.80. The Bertz CT molecular complexity index is 598. The van der Waals surface area contributed by atoms with Crippen LogP contribution in [0.4, 0.5) is 0 Å². The largest absolute Gasteiger partial charge is 0.386 e. The Balaban J connectivity index is 2.56. The fraction of sp³-hybridized carbons (Fsp3) is 0.188. The first-order chi connectivity index (χ1) is 8.89. The molecule has 0 heterocycles. The van der Waals surface area contributed by atoms with E-state index in [1.165, 1.54) is 0 Å². The van der Waals surface area contributed by atoms with Crippen molar-refractivity contribution in [2.75, 3.05) is 0 Å². The minimum absolute atomic E-state index is 0.139. The molecule has 0 radical (unpaired) electrons. The lowest BCUT2D eigenvalue weighted by atomic mass is 9.89. The molecule has 0 fully saturated rings. The molecular weight excluding hydrogens is 260 g/mol. The van der Waals surface area contributed by atoms with Crippen molar-refractivity contribution in [1.29, 1.82) is 0 Å². The molecule has 0 aliphatic carbocycles. The zero-order chi connectivity index (χ0) is 14.0. The number of hydrogen-bond acceptors (Lipinski definition) is 2. The van der Waals surface area contributed by atoms with E-state index in [2.05, 4.69) is 0 Å². The second-order valence-electron chi connectivity index (χ2n) is 4.94. The van der Waals surface area contributed by atoms with Crippen LogP contribution in [0.2, 0.25) is 5.02 Å². The Morgan fingerprint density at radius 3 is 2.32 bits per heavy atom. The maximum Gasteiger partial charge on any atom is 0.193 e. The molecule has 98 valence electrons. The van der Waals surface area contributed by atoms with Gasteiger partial charge in [0.2, 0.25) is 0 Å². The normalized spacial score (nSPS) is 11.4. The number of benzene rings is 2. The van der Waals surface area contributed by atoms with Gasteiger partial charge in [0.1, 0.15) is 0 Å². The third-order valence-electron chi connectivity index (χ3n) is 2.92. The molecule has 0 aliphatic heterocycles. The van der Waals surface area contributed by atoms with Gasteiger partial charge in [0.05, 0.1) is 5.60 Å². The highest BCUT2D eigenvalue weighted by Gasteiger charge is 2.24. The van der Waals surface area contributed by atoms with Crippen LogP contribution in [0.1, 0.15) is 35.3 Å². The number of ketones is 1. The third-order valence-corrected chi connectivity index (χ3v) is 3.16. The Morgan fingerprint density at radius 1 is 1.11 bits per heavy atom. The van der Waals surface area contributed by atoms with Crippen LogP contribution in [0.5, 0.6) is 0 Å². The van der Waals surface area contributed by atoms with Crippen LogP contribution in [0, 0.1) is 0 Å². The van der Waals surface area contributed by atoms with E-state index in [1.807, 2.05) is 18.2 Å². The summed E-state index contributed by atoms with van der Waals surface area (Å²) in [6, 6.07) is 13.9. The molecule has 2 aromatic carbocycles. The van der Waals surface area contributed by atoms with Gasteiger partial charge in [-0.05, 0) is 31.5 Å². The zero-order valence-electron chi connectivity index (χ0n) is 10.9. The molecule has 3 heteroatoms. The SMILES string of the molecule is CC(C)(O)c1ccc(Cl)cc1C(=O)c1ccccc1. The lowest BCUT2D eigenvalue weighted by molar-refractivity contribution is 0.0760. The van der Waals surface area contributed by atoms with Gasteiger partial charge in [-0.1, -0.05) is 48.0 Å². The molecule has 0 saturated heterocycles. The molecule has 0 amide bonds. The summed E-state index contributed by atoms with van der Waals surface area (Å²) in [5.74, 6) is -0.139. The van der Waals surface area contributed by atoms with Gasteiger partial charge < -0.3 is 5.11 Å². The van der Waals surface area contributed by atoms with E-state index in [1.54, 1.807) is 44.2 Å². The van der Waals surface area contributed by atoms with Crippen LogP contribution in [0.3, 0.4) is 0 Å². The minimum Gasteiger partial charge on any atom is -0.386 e. The van der Waals surface area contributed by atoms with Crippen LogP contribution < -0.4 is 0 Å². The highest BCUT2D eigenvalue weighted by molar-refractivity contribution is 6.31. The number of halogens is 1. The predicted molar refractivity (Wildman–Crippen MR) is 76.6 cm³/mol. The van der Waals surface area contributed by atoms with Crippen molar-refractivity contribution in [3.05, 3.63) is 70.2 Å². The molecule has 2 nitrogen and oxygen atoms in total. The molecule has 2 aromatic rings. The van der Waals surface area contributed by atoms with Gasteiger partial charge in [0, 0.05) is 16.1 Å². The maximum atomic E-state index is 12.5. The molecular formula is C16H15ClO2. The van der Waals surface area contributed by atoms with E-state index >= 15 is 0 Å². The van der Waals surface area contributed by atoms with E-state index < -0.39 is 5.60 Å². The van der Waals surface area contributed by atoms with Gasteiger partial charge in [0.25, 0.3) is 0 Å². The first-order valence-electron chi connectivity index (χ1n) is 6.02. The Morgan fingerprint density at radius 2 is 1.74 bits per heavy atom. The zero-order valence-corrected chi connectivity index (χ0v) is 11.6. The minimum atomic E-state index is -1.09. The molecule has 0 bridgehead atoms. The molecule has 1 N–H and O–H groups in total. The average molecular weight is 275 g/mol. The monoisotopic (exact) mass is 274 g/mol. The number of aliphatic hydroxyl groups is 1. The van der Waals surface area contributed by atoms with Crippen molar-refractivity contribution in [1.82, 2.24) is 0 Å². The summed E-state index contributed by atoms with van der Waals surface area (Å²) in [4.78, 5) is 12.5. The maximum absolute atomic E-state index is 12.5. The highest BCUT2D eigenvalue weighted by Crippen LogP contribution is 2.28. The van der Waals surface area contributed by atoms with E-state index in [-0.39, 0.29) is 5.78 Å². The molecule has 19 heavy (non-hydrogen) atoms. The van der Waals surface area contributed by atoms with Crippen molar-refractivity contribution < 1.29 is 9.90 Å². The Hall–Kier alpha value is -1.64. The molecule has 0 saturated carbocycles. The van der Waals surface area contributed by atoms with E-state index in [4.69, 9.17) is 11.6 Å². The number of carbonyl (C=O) groups excluding carboxylic acids is 1. The van der Waals surface area contributed by atoms with Crippen LogP contribution in [-0.2, 0) is 5.60 Å². The van der Waals surface area contributed by atoms with E-state index in [0.717, 1.165) is 0 Å². The topological polar surface area (TPSA) is 37.3 Å². The number of carbonyl (C=O) groups is 1. The van der Waals surface area contributed by atoms with Crippen molar-refractivity contribution in [2.45, 2.75) is 19.4 Å². The standard InChI is InChI=1S/C16H15ClO2/c1-16(2,19)14-9-8-12(17)10-13(14)15(18)11-6-4-3-5-7-11/h3-10,19H,1-2H3. The van der Waals surface area contributed by atoms with Crippen molar-refractivity contribution in [3.63, 3.8) is 0 Å². The second kappa shape index (κ2) is 5.16. The van der Waals surface area contributed by atoms with Crippen LogP contribution in [0.15, 0.2) is 48.5 Å². The van der Waals surface area contributed by atoms with Gasteiger partial charge in [-0.2, -0.15) is 0 Å². The summed E-state index contributed by atoms with van der Waals surface area (Å²) < 4.78 is 0. The molecule has 0 unspecified atom stereocenters. The fourth-order valence-corrected chi connectivity index (χ4v) is 2.15. The summed E-state index contributed by atoms with van der Waals surface area (Å²) in [5, 5.41) is 10.6. The molecule has 0 aromatic heterocycles. The smallest absolute Gasteiger partial charge is 0.193 e. The Labute approximate surface area is 117 Å². The van der Waals surface area contributed by atoms with Crippen LogP contribution >= 0.6 is 11.6 Å². The quantitative estimate of drug-likeness (QED) is 0.865. The Kier molecular flexibility index (Phi) is 3.74. The van der Waals surface area contributed by atoms with Gasteiger partial charge >= 0.3 is 0 Å². The molecule has 0 spiro atoms. The summed E-state index contributed by atoms with van der Waals surface area (Å²) in [5.41, 5.74) is 0.497. The fourth-order valence-electron chi connectivity index (χ4n) is 1.98. The molecule has 2 rings (SSSR count). The van der Waals surface area contributed by atoms with Crippen molar-refractivity contribution >= 4 is 17.4 Å². The summed E-state index contributed by atoms with van der Waals surface area (Å²) >= 11 is 5.96. The van der Waals surface area contributed by atoms with E-state index in [9.17, 15) is 9.90 Å². The average Bonchev–Trinajstić information content (AvgIpc) is 2.37. The van der Waals surface area contributed by atoms with Gasteiger partial charge in [-0.25, -0.2) is 0 Å². The summed E-state index contributed by atoms with van der Waals surface area (Å²) in [6.45, 7) is 3.30. The summed E-state index contributed by atoms with van der Waals surface area (Å²) in [7, 11) is 0. The summed E-state index contributed by atoms with van der Waals surface area (Å²) in [6.07, 6.45) is 0. The van der Waals surface area contributed by atoms with Crippen LogP contribution in [-0.4, -0.2) is 10.9 Å². The lowest BCUT2D eigenvalue weighted by Crippen LogP contribution is -2.20. The number of hydrogen-bond donors (Lipinski definition) is 1. The lowest BCUT2D eigenvalue weighted by Gasteiger charge is -2.21. The first kappa shape index (κ1) is 13.8. The third kappa shape index (κ3) is 3.03. The van der Waals surface area contributed by atoms with E-state index in [0.29, 0.717) is 21.7 Å². The van der Waals surface area contributed by atoms with Crippen LogP contribution in [0.25, 0.3) is 0 Å². The van der Waals surface area contributed by atoms with Gasteiger partial charge in [0.15, 0.2) is 5.78 Å². The molecule has 0 atom stereocenters.